The Labute approximate surface area is 161 Å². The van der Waals surface area contributed by atoms with E-state index in [9.17, 15) is 4.79 Å². The Kier molecular flexibility index (Phi) is 6.46. The maximum absolute atomic E-state index is 12.3. The van der Waals surface area contributed by atoms with Crippen LogP contribution in [0.5, 0.6) is 0 Å². The second kappa shape index (κ2) is 8.19. The number of halogens is 2. The zero-order valence-electron chi connectivity index (χ0n) is 14.0. The monoisotopic (exact) mass is 398 g/mol. The standard InChI is InChI=1S/C17H19ClN4OS.ClH/c1-10(19)6-7-20-16(23)15-9-14-11(2)21-22(17(14)24-15)13-5-3-4-12(18)8-13;/h3-5,8-10H,6-7,19H2,1-2H3,(H,20,23);1H. The number of hydrogen-bond acceptors (Lipinski definition) is 4. The summed E-state index contributed by atoms with van der Waals surface area (Å²) in [6, 6.07) is 9.48. The second-order valence-electron chi connectivity index (χ2n) is 5.83. The van der Waals surface area contributed by atoms with Gasteiger partial charge >= 0.3 is 0 Å². The van der Waals surface area contributed by atoms with E-state index >= 15 is 0 Å². The molecule has 3 aromatic rings. The normalized spacial score (nSPS) is 12.0. The molecule has 0 saturated heterocycles. The van der Waals surface area contributed by atoms with Crippen LogP contribution in [-0.2, 0) is 0 Å². The van der Waals surface area contributed by atoms with Crippen molar-refractivity contribution in [3.8, 4) is 5.69 Å². The summed E-state index contributed by atoms with van der Waals surface area (Å²) >= 11 is 7.51. The minimum atomic E-state index is -0.0751. The van der Waals surface area contributed by atoms with Crippen molar-refractivity contribution in [2.45, 2.75) is 26.3 Å². The molecule has 1 unspecified atom stereocenters. The summed E-state index contributed by atoms with van der Waals surface area (Å²) in [4.78, 5) is 13.9. The lowest BCUT2D eigenvalue weighted by atomic mass is 10.2. The highest BCUT2D eigenvalue weighted by molar-refractivity contribution is 7.20. The first kappa shape index (κ1) is 19.7. The predicted molar refractivity (Wildman–Crippen MR) is 107 cm³/mol. The van der Waals surface area contributed by atoms with E-state index in [-0.39, 0.29) is 24.4 Å². The lowest BCUT2D eigenvalue weighted by Gasteiger charge is -2.06. The summed E-state index contributed by atoms with van der Waals surface area (Å²) in [7, 11) is 0. The first-order chi connectivity index (χ1) is 11.5. The molecule has 2 aromatic heterocycles. The minimum Gasteiger partial charge on any atom is -0.351 e. The number of rotatable bonds is 5. The van der Waals surface area contributed by atoms with E-state index < -0.39 is 0 Å². The predicted octanol–water partition coefficient (Wildman–Crippen LogP) is 3.94. The molecule has 0 fully saturated rings. The van der Waals surface area contributed by atoms with Crippen LogP contribution in [0.1, 0.15) is 28.7 Å². The SMILES string of the molecule is Cc1nn(-c2cccc(Cl)c2)c2sc(C(=O)NCCC(C)N)cc12.Cl. The van der Waals surface area contributed by atoms with Crippen molar-refractivity contribution in [1.29, 1.82) is 0 Å². The Morgan fingerprint density at radius 2 is 2.20 bits per heavy atom. The number of fused-ring (bicyclic) bond motifs is 1. The molecule has 0 aliphatic carbocycles. The molecular weight excluding hydrogens is 379 g/mol. The van der Waals surface area contributed by atoms with Gasteiger partial charge in [0.1, 0.15) is 4.83 Å². The lowest BCUT2D eigenvalue weighted by Crippen LogP contribution is -2.28. The average molecular weight is 399 g/mol. The number of aromatic nitrogens is 2. The number of amides is 1. The number of carbonyl (C=O) groups excluding carboxylic acids is 1. The highest BCUT2D eigenvalue weighted by Crippen LogP contribution is 2.30. The molecule has 0 spiro atoms. The van der Waals surface area contributed by atoms with Crippen LogP contribution in [0.4, 0.5) is 0 Å². The average Bonchev–Trinajstić information content (AvgIpc) is 3.08. The van der Waals surface area contributed by atoms with Gasteiger partial charge in [-0.25, -0.2) is 4.68 Å². The van der Waals surface area contributed by atoms with E-state index in [1.54, 1.807) is 0 Å². The van der Waals surface area contributed by atoms with Gasteiger partial charge in [0.05, 0.1) is 16.3 Å². The Morgan fingerprint density at radius 1 is 1.44 bits per heavy atom. The van der Waals surface area contributed by atoms with E-state index in [0.29, 0.717) is 16.4 Å². The molecule has 0 aliphatic rings. The van der Waals surface area contributed by atoms with Crippen LogP contribution in [0, 0.1) is 6.92 Å². The number of carbonyl (C=O) groups is 1. The van der Waals surface area contributed by atoms with E-state index in [2.05, 4.69) is 10.4 Å². The van der Waals surface area contributed by atoms with Gasteiger partial charge in [0.25, 0.3) is 5.91 Å². The zero-order valence-corrected chi connectivity index (χ0v) is 16.3. The molecule has 0 aliphatic heterocycles. The molecule has 1 amide bonds. The number of hydrogen-bond donors (Lipinski definition) is 2. The number of aryl methyl sites for hydroxylation is 1. The molecule has 5 nitrogen and oxygen atoms in total. The van der Waals surface area contributed by atoms with Crippen LogP contribution in [0.25, 0.3) is 15.9 Å². The first-order valence-electron chi connectivity index (χ1n) is 7.74. The summed E-state index contributed by atoms with van der Waals surface area (Å²) in [5.41, 5.74) is 7.47. The second-order valence-corrected chi connectivity index (χ2v) is 7.30. The third-order valence-corrected chi connectivity index (χ3v) is 5.05. The van der Waals surface area contributed by atoms with Crippen molar-refractivity contribution < 1.29 is 4.79 Å². The van der Waals surface area contributed by atoms with Crippen molar-refractivity contribution in [1.82, 2.24) is 15.1 Å². The van der Waals surface area contributed by atoms with Crippen molar-refractivity contribution >= 4 is 51.5 Å². The molecule has 0 radical (unpaired) electrons. The van der Waals surface area contributed by atoms with Crippen LogP contribution < -0.4 is 11.1 Å². The summed E-state index contributed by atoms with van der Waals surface area (Å²) in [5.74, 6) is -0.0751. The highest BCUT2D eigenvalue weighted by atomic mass is 35.5. The molecule has 134 valence electrons. The Bertz CT molecular complexity index is 888. The maximum Gasteiger partial charge on any atom is 0.261 e. The molecular formula is C17H20Cl2N4OS. The van der Waals surface area contributed by atoms with Crippen LogP contribution in [0.3, 0.4) is 0 Å². The van der Waals surface area contributed by atoms with Crippen molar-refractivity contribution in [2.24, 2.45) is 5.73 Å². The van der Waals surface area contributed by atoms with Crippen molar-refractivity contribution in [2.75, 3.05) is 6.54 Å². The number of nitrogens with zero attached hydrogens (tertiary/aromatic N) is 2. The summed E-state index contributed by atoms with van der Waals surface area (Å²) in [6.45, 7) is 4.44. The van der Waals surface area contributed by atoms with Crippen LogP contribution in [-0.4, -0.2) is 28.3 Å². The Balaban J connectivity index is 0.00000225. The van der Waals surface area contributed by atoms with E-state index in [0.717, 1.165) is 28.0 Å². The van der Waals surface area contributed by atoms with Gasteiger partial charge in [-0.15, -0.1) is 23.7 Å². The Morgan fingerprint density at radius 3 is 2.88 bits per heavy atom. The minimum absolute atomic E-state index is 0. The van der Waals surface area contributed by atoms with Crippen LogP contribution in [0.2, 0.25) is 5.02 Å². The smallest absolute Gasteiger partial charge is 0.261 e. The van der Waals surface area contributed by atoms with Crippen molar-refractivity contribution in [3.05, 3.63) is 45.9 Å². The third kappa shape index (κ3) is 4.33. The first-order valence-corrected chi connectivity index (χ1v) is 8.94. The number of thiophene rings is 1. The molecule has 1 aromatic carbocycles. The largest absolute Gasteiger partial charge is 0.351 e. The number of nitrogens with two attached hydrogens (primary N) is 1. The quantitative estimate of drug-likeness (QED) is 0.683. The molecule has 1 atom stereocenters. The van der Waals surface area contributed by atoms with E-state index in [1.807, 2.05) is 48.9 Å². The van der Waals surface area contributed by atoms with Crippen molar-refractivity contribution in [3.63, 3.8) is 0 Å². The Hall–Kier alpha value is -1.60. The maximum atomic E-state index is 12.3. The van der Waals surface area contributed by atoms with Gasteiger partial charge in [-0.2, -0.15) is 5.10 Å². The fraction of sp³-hybridized carbons (Fsp3) is 0.294. The fourth-order valence-electron chi connectivity index (χ4n) is 2.44. The van der Waals surface area contributed by atoms with Crippen LogP contribution in [0.15, 0.2) is 30.3 Å². The van der Waals surface area contributed by atoms with Gasteiger partial charge in [0.2, 0.25) is 0 Å². The summed E-state index contributed by atoms with van der Waals surface area (Å²) in [6.07, 6.45) is 0.756. The molecule has 8 heteroatoms. The molecule has 3 rings (SSSR count). The zero-order chi connectivity index (χ0) is 17.3. The summed E-state index contributed by atoms with van der Waals surface area (Å²) < 4.78 is 1.83. The summed E-state index contributed by atoms with van der Waals surface area (Å²) in [5, 5.41) is 9.11. The lowest BCUT2D eigenvalue weighted by molar-refractivity contribution is 0.0957. The van der Waals surface area contributed by atoms with Gasteiger partial charge < -0.3 is 11.1 Å². The van der Waals surface area contributed by atoms with Gasteiger partial charge in [-0.05, 0) is 44.5 Å². The van der Waals surface area contributed by atoms with E-state index in [4.69, 9.17) is 17.3 Å². The van der Waals surface area contributed by atoms with Gasteiger partial charge in [0.15, 0.2) is 0 Å². The molecule has 0 saturated carbocycles. The molecule has 25 heavy (non-hydrogen) atoms. The van der Waals surface area contributed by atoms with E-state index in [1.165, 1.54) is 11.3 Å². The fourth-order valence-corrected chi connectivity index (χ4v) is 3.73. The molecule has 3 N–H and O–H groups in total. The number of nitrogens with one attached hydrogen (secondary N) is 1. The van der Waals surface area contributed by atoms with Gasteiger partial charge in [-0.1, -0.05) is 17.7 Å². The molecule has 2 heterocycles. The van der Waals surface area contributed by atoms with Gasteiger partial charge in [-0.3, -0.25) is 4.79 Å². The highest BCUT2D eigenvalue weighted by Gasteiger charge is 2.17. The number of benzene rings is 1. The molecule has 0 bridgehead atoms. The topological polar surface area (TPSA) is 72.9 Å². The van der Waals surface area contributed by atoms with Crippen LogP contribution >= 0.6 is 35.3 Å². The third-order valence-electron chi connectivity index (χ3n) is 3.71. The van der Waals surface area contributed by atoms with Gasteiger partial charge in [0, 0.05) is 23.0 Å².